The number of halogens is 3. The summed E-state index contributed by atoms with van der Waals surface area (Å²) >= 11 is 1.38. The van der Waals surface area contributed by atoms with E-state index in [2.05, 4.69) is 4.85 Å². The van der Waals surface area contributed by atoms with Crippen molar-refractivity contribution in [1.29, 1.82) is 0 Å². The number of hydrogen-bond acceptors (Lipinski definition) is 4. The molecule has 5 aromatic rings. The maximum atomic E-state index is 13.6. The van der Waals surface area contributed by atoms with E-state index in [9.17, 15) is 22.8 Å². The lowest BCUT2D eigenvalue weighted by Gasteiger charge is -2.23. The van der Waals surface area contributed by atoms with Crippen LogP contribution in [0.3, 0.4) is 0 Å². The maximum absolute atomic E-state index is 13.6. The van der Waals surface area contributed by atoms with Crippen LogP contribution in [0.1, 0.15) is 53.9 Å². The lowest BCUT2D eigenvalue weighted by molar-refractivity contribution is -0.137. The van der Waals surface area contributed by atoms with Gasteiger partial charge in [-0.3, -0.25) is 9.36 Å². The molecule has 3 aromatic heterocycles. The molecule has 0 N–H and O–H groups in total. The second kappa shape index (κ2) is 10.9. The Kier molecular flexibility index (Phi) is 7.57. The summed E-state index contributed by atoms with van der Waals surface area (Å²) in [5, 5.41) is 0.850. The minimum atomic E-state index is -4.83. The predicted octanol–water partition coefficient (Wildman–Crippen LogP) is 9.14. The Balaban J connectivity index is 1.64. The van der Waals surface area contributed by atoms with Crippen LogP contribution < -0.4 is 5.56 Å². The lowest BCUT2D eigenvalue weighted by Crippen LogP contribution is -2.27. The van der Waals surface area contributed by atoms with Crippen LogP contribution in [0.4, 0.5) is 23.7 Å². The van der Waals surface area contributed by atoms with Crippen LogP contribution in [-0.2, 0) is 10.9 Å². The van der Waals surface area contributed by atoms with Gasteiger partial charge in [0.15, 0.2) is 0 Å². The summed E-state index contributed by atoms with van der Waals surface area (Å²) < 4.78 is 49.1. The Hall–Kier alpha value is -4.62. The molecule has 0 amide bonds. The van der Waals surface area contributed by atoms with E-state index in [1.165, 1.54) is 20.5 Å². The van der Waals surface area contributed by atoms with Gasteiger partial charge < -0.3 is 9.30 Å². The van der Waals surface area contributed by atoms with Gasteiger partial charge in [-0.25, -0.2) is 9.64 Å². The molecular weight excluding hydrogens is 575 g/mol. The summed E-state index contributed by atoms with van der Waals surface area (Å²) in [5.74, 6) is 0. The van der Waals surface area contributed by atoms with E-state index in [0.29, 0.717) is 10.4 Å². The predicted molar refractivity (Wildman–Crippen MR) is 162 cm³/mol. The van der Waals surface area contributed by atoms with Gasteiger partial charge in [-0.05, 0) is 81.6 Å². The highest BCUT2D eigenvalue weighted by Gasteiger charge is 2.36. The van der Waals surface area contributed by atoms with Crippen molar-refractivity contribution >= 4 is 34.0 Å². The molecule has 3 heterocycles. The Labute approximate surface area is 250 Å². The number of hydrogen-bond donors (Lipinski definition) is 0. The van der Waals surface area contributed by atoms with Gasteiger partial charge in [0.2, 0.25) is 0 Å². The molecule has 2 aromatic carbocycles. The standard InChI is InChI=1S/C33H28F3N3O3S/c1-19-7-10-23(20(2)17-19)29(39-16-14-24(33(34,35)36)28(37-6)30(39)40)27-12-11-26(43-27)22-9-8-21-13-15-38(25(21)18-22)31(41)42-32(3,4)5/h7-18,29H,1-5H3. The zero-order valence-electron chi connectivity index (χ0n) is 24.1. The van der Waals surface area contributed by atoms with Crippen molar-refractivity contribution in [2.24, 2.45) is 0 Å². The lowest BCUT2D eigenvalue weighted by atomic mass is 9.97. The van der Waals surface area contributed by atoms with Crippen molar-refractivity contribution < 1.29 is 22.7 Å². The highest BCUT2D eigenvalue weighted by atomic mass is 32.1. The molecule has 1 unspecified atom stereocenters. The van der Waals surface area contributed by atoms with Crippen molar-refractivity contribution in [2.75, 3.05) is 0 Å². The summed E-state index contributed by atoms with van der Waals surface area (Å²) in [7, 11) is 0. The van der Waals surface area contributed by atoms with Crippen LogP contribution in [0.5, 0.6) is 0 Å². The quantitative estimate of drug-likeness (QED) is 0.193. The smallest absolute Gasteiger partial charge is 0.418 e. The summed E-state index contributed by atoms with van der Waals surface area (Å²) in [5.41, 5.74) is 0.156. The molecule has 0 aliphatic carbocycles. The Bertz CT molecular complexity index is 1970. The Morgan fingerprint density at radius 2 is 1.72 bits per heavy atom. The molecule has 5 rings (SSSR count). The number of fused-ring (bicyclic) bond motifs is 1. The minimum absolute atomic E-state index is 0.501. The van der Waals surface area contributed by atoms with Crippen LogP contribution in [0, 0.1) is 20.4 Å². The molecular formula is C33H28F3N3O3S. The van der Waals surface area contributed by atoms with Gasteiger partial charge in [0, 0.05) is 27.5 Å². The van der Waals surface area contributed by atoms with Crippen LogP contribution in [-0.4, -0.2) is 20.8 Å². The van der Waals surface area contributed by atoms with Crippen LogP contribution >= 0.6 is 11.3 Å². The molecule has 0 bridgehead atoms. The number of aryl methyl sites for hydroxylation is 2. The van der Waals surface area contributed by atoms with Crippen molar-refractivity contribution in [2.45, 2.75) is 52.4 Å². The number of aromatic nitrogens is 2. The molecule has 220 valence electrons. The van der Waals surface area contributed by atoms with E-state index >= 15 is 0 Å². The second-order valence-electron chi connectivity index (χ2n) is 11.3. The van der Waals surface area contributed by atoms with E-state index in [4.69, 9.17) is 11.3 Å². The maximum Gasteiger partial charge on any atom is 0.418 e. The van der Waals surface area contributed by atoms with Gasteiger partial charge in [-0.1, -0.05) is 35.9 Å². The number of benzene rings is 2. The third kappa shape index (κ3) is 5.86. The molecule has 0 saturated carbocycles. The number of pyridine rings is 1. The van der Waals surface area contributed by atoms with Gasteiger partial charge in [0.1, 0.15) is 5.60 Å². The molecule has 0 spiro atoms. The second-order valence-corrected chi connectivity index (χ2v) is 12.4. The third-order valence-electron chi connectivity index (χ3n) is 6.97. The number of carbonyl (C=O) groups is 1. The first-order valence-corrected chi connectivity index (χ1v) is 14.2. The molecule has 0 aliphatic heterocycles. The van der Waals surface area contributed by atoms with Crippen molar-refractivity contribution in [3.8, 4) is 10.4 Å². The largest absolute Gasteiger partial charge is 0.443 e. The van der Waals surface area contributed by atoms with Crippen LogP contribution in [0.15, 0.2) is 77.9 Å². The zero-order chi connectivity index (χ0) is 31.3. The average molecular weight is 604 g/mol. The fraction of sp³-hybridized carbons (Fsp3) is 0.242. The summed E-state index contributed by atoms with van der Waals surface area (Å²) in [6.45, 7) is 16.6. The molecule has 0 aliphatic rings. The topological polar surface area (TPSA) is 57.6 Å². The Morgan fingerprint density at radius 3 is 2.37 bits per heavy atom. The highest BCUT2D eigenvalue weighted by Crippen LogP contribution is 2.40. The number of rotatable bonds is 4. The summed E-state index contributed by atoms with van der Waals surface area (Å²) in [4.78, 5) is 30.8. The third-order valence-corrected chi connectivity index (χ3v) is 8.16. The SMILES string of the molecule is [C-]#[N+]c1c(C(F)(F)F)ccn(C(c2ccc(-c3ccc4ccn(C(=O)OC(C)(C)C)c4c3)s2)c2ccc(C)cc2C)c1=O. The van der Waals surface area contributed by atoms with E-state index in [0.717, 1.165) is 44.8 Å². The molecule has 10 heteroatoms. The first kappa shape index (κ1) is 29.9. The summed E-state index contributed by atoms with van der Waals surface area (Å²) in [6, 6.07) is 16.9. The van der Waals surface area contributed by atoms with Gasteiger partial charge >= 0.3 is 12.3 Å². The molecule has 6 nitrogen and oxygen atoms in total. The van der Waals surface area contributed by atoms with Gasteiger partial charge in [0.05, 0.1) is 23.7 Å². The first-order chi connectivity index (χ1) is 20.2. The number of carbonyl (C=O) groups excluding carboxylic acids is 1. The van der Waals surface area contributed by atoms with E-state index in [-0.39, 0.29) is 0 Å². The molecule has 0 fully saturated rings. The zero-order valence-corrected chi connectivity index (χ0v) is 24.9. The first-order valence-electron chi connectivity index (χ1n) is 13.4. The fourth-order valence-corrected chi connectivity index (χ4v) is 6.18. The molecule has 1 atom stereocenters. The molecule has 0 saturated heterocycles. The van der Waals surface area contributed by atoms with Gasteiger partial charge in [0.25, 0.3) is 11.2 Å². The highest BCUT2D eigenvalue weighted by molar-refractivity contribution is 7.15. The minimum Gasteiger partial charge on any atom is -0.443 e. The fourth-order valence-electron chi connectivity index (χ4n) is 5.06. The summed E-state index contributed by atoms with van der Waals surface area (Å²) in [6.07, 6.45) is -2.56. The van der Waals surface area contributed by atoms with Crippen molar-refractivity contribution in [3.05, 3.63) is 122 Å². The van der Waals surface area contributed by atoms with E-state index in [1.54, 1.807) is 27.0 Å². The van der Waals surface area contributed by atoms with Crippen LogP contribution in [0.25, 0.3) is 26.2 Å². The average Bonchev–Trinajstić information content (AvgIpc) is 3.56. The number of thiophene rings is 1. The number of ether oxygens (including phenoxy) is 1. The Morgan fingerprint density at radius 1 is 0.977 bits per heavy atom. The van der Waals surface area contributed by atoms with Gasteiger partial charge in [-0.15, -0.1) is 11.3 Å². The van der Waals surface area contributed by atoms with Crippen molar-refractivity contribution in [3.63, 3.8) is 0 Å². The van der Waals surface area contributed by atoms with E-state index < -0.39 is 40.7 Å². The number of alkyl halides is 3. The normalized spacial score (nSPS) is 12.7. The van der Waals surface area contributed by atoms with Crippen LogP contribution in [0.2, 0.25) is 0 Å². The molecule has 43 heavy (non-hydrogen) atoms. The van der Waals surface area contributed by atoms with Gasteiger partial charge in [-0.2, -0.15) is 13.2 Å². The monoisotopic (exact) mass is 603 g/mol. The van der Waals surface area contributed by atoms with Crippen molar-refractivity contribution in [1.82, 2.24) is 9.13 Å². The molecule has 0 radical (unpaired) electrons. The number of nitrogens with zero attached hydrogens (tertiary/aromatic N) is 3. The van der Waals surface area contributed by atoms with E-state index in [1.807, 2.05) is 68.4 Å².